The minimum absolute atomic E-state index is 0.0175. The maximum atomic E-state index is 13.2. The maximum Gasteiger partial charge on any atom is 0.336 e. The summed E-state index contributed by atoms with van der Waals surface area (Å²) in [5.41, 5.74) is 0.721. The van der Waals surface area contributed by atoms with Crippen molar-refractivity contribution >= 4 is 16.5 Å². The first-order valence-corrected chi connectivity index (χ1v) is 9.10. The fourth-order valence-corrected chi connectivity index (χ4v) is 4.74. The van der Waals surface area contributed by atoms with Gasteiger partial charge in [-0.05, 0) is 18.6 Å². The molecule has 2 aromatic carbocycles. The van der Waals surface area contributed by atoms with E-state index in [0.717, 1.165) is 13.0 Å². The van der Waals surface area contributed by atoms with Crippen molar-refractivity contribution in [1.82, 2.24) is 14.0 Å². The Balaban J connectivity index is 1.75. The number of nitro benzene ring substituents is 1. The molecule has 2 aliphatic heterocycles. The molecular weight excluding hydrogens is 360 g/mol. The highest BCUT2D eigenvalue weighted by Gasteiger charge is 2.47. The monoisotopic (exact) mass is 378 g/mol. The molecule has 2 atom stereocenters. The van der Waals surface area contributed by atoms with Crippen molar-refractivity contribution in [2.24, 2.45) is 0 Å². The number of non-ortho nitro benzene ring substituents is 1. The average molecular weight is 378 g/mol. The van der Waals surface area contributed by atoms with Gasteiger partial charge in [-0.3, -0.25) is 19.6 Å². The number of aromatic hydroxyl groups is 1. The first-order chi connectivity index (χ1) is 13.5. The predicted octanol–water partition coefficient (Wildman–Crippen LogP) is 2.89. The molecule has 1 aromatic heterocycles. The van der Waals surface area contributed by atoms with Crippen molar-refractivity contribution in [2.45, 2.75) is 18.5 Å². The smallest absolute Gasteiger partial charge is 0.336 e. The predicted molar refractivity (Wildman–Crippen MR) is 104 cm³/mol. The highest BCUT2D eigenvalue weighted by Crippen LogP contribution is 2.48. The molecule has 0 unspecified atom stereocenters. The fourth-order valence-electron chi connectivity index (χ4n) is 4.74. The molecule has 8 heteroatoms. The van der Waals surface area contributed by atoms with E-state index in [1.807, 2.05) is 6.08 Å². The molecular formula is C20H18N4O4. The van der Waals surface area contributed by atoms with Gasteiger partial charge in [0.1, 0.15) is 5.69 Å². The molecule has 0 saturated carbocycles. The number of fused-ring (bicyclic) bond motifs is 6. The van der Waals surface area contributed by atoms with Crippen LogP contribution in [0.1, 0.15) is 24.2 Å². The quantitative estimate of drug-likeness (QED) is 0.428. The summed E-state index contributed by atoms with van der Waals surface area (Å²) in [5.74, 6) is -0.0923. The minimum atomic E-state index is -0.443. The van der Waals surface area contributed by atoms with E-state index < -0.39 is 4.92 Å². The Hall–Kier alpha value is -3.39. The molecule has 2 bridgehead atoms. The van der Waals surface area contributed by atoms with Crippen LogP contribution in [0.25, 0.3) is 16.5 Å². The molecule has 3 aromatic rings. The number of imidazole rings is 1. The third-order valence-corrected chi connectivity index (χ3v) is 5.84. The van der Waals surface area contributed by atoms with E-state index in [1.165, 1.54) is 16.7 Å². The number of hydrogen-bond acceptors (Lipinski definition) is 5. The Morgan fingerprint density at radius 1 is 1.25 bits per heavy atom. The number of aromatic nitrogens is 2. The highest BCUT2D eigenvalue weighted by molar-refractivity contribution is 5.97. The van der Waals surface area contributed by atoms with Crippen molar-refractivity contribution in [1.29, 1.82) is 0 Å². The van der Waals surface area contributed by atoms with E-state index in [2.05, 4.69) is 11.5 Å². The van der Waals surface area contributed by atoms with E-state index in [9.17, 15) is 20.0 Å². The third-order valence-electron chi connectivity index (χ3n) is 5.84. The van der Waals surface area contributed by atoms with Crippen molar-refractivity contribution in [3.05, 3.63) is 75.3 Å². The lowest BCUT2D eigenvalue weighted by Gasteiger charge is -2.26. The summed E-state index contributed by atoms with van der Waals surface area (Å²) in [7, 11) is 0. The molecule has 3 heterocycles. The second-order valence-corrected chi connectivity index (χ2v) is 7.25. The SMILES string of the molecule is C=CCN1C[C@@H]2C[C@H]1c1c(O)n(-c3ccc([N+](=O)[O-])c4ccccc34)c(=O)n12. The van der Waals surface area contributed by atoms with Gasteiger partial charge in [0.15, 0.2) is 0 Å². The van der Waals surface area contributed by atoms with Gasteiger partial charge >= 0.3 is 5.69 Å². The highest BCUT2D eigenvalue weighted by atomic mass is 16.6. The molecule has 142 valence electrons. The van der Waals surface area contributed by atoms with Crippen LogP contribution in [0.2, 0.25) is 0 Å². The van der Waals surface area contributed by atoms with Crippen LogP contribution in [0.4, 0.5) is 5.69 Å². The van der Waals surface area contributed by atoms with Crippen LogP contribution in [0, 0.1) is 10.1 Å². The summed E-state index contributed by atoms with van der Waals surface area (Å²) >= 11 is 0. The van der Waals surface area contributed by atoms with Crippen LogP contribution in [0.3, 0.4) is 0 Å². The molecule has 28 heavy (non-hydrogen) atoms. The molecule has 1 saturated heterocycles. The number of benzene rings is 2. The zero-order chi connectivity index (χ0) is 19.6. The molecule has 0 aliphatic carbocycles. The van der Waals surface area contributed by atoms with E-state index in [4.69, 9.17) is 0 Å². The van der Waals surface area contributed by atoms with Crippen LogP contribution >= 0.6 is 0 Å². The summed E-state index contributed by atoms with van der Waals surface area (Å²) in [4.78, 5) is 26.3. The molecule has 0 radical (unpaired) electrons. The fraction of sp³-hybridized carbons (Fsp3) is 0.250. The minimum Gasteiger partial charge on any atom is -0.493 e. The lowest BCUT2D eigenvalue weighted by Crippen LogP contribution is -2.34. The van der Waals surface area contributed by atoms with Gasteiger partial charge in [-0.25, -0.2) is 9.36 Å². The first kappa shape index (κ1) is 16.8. The van der Waals surface area contributed by atoms with Gasteiger partial charge in [0.2, 0.25) is 5.88 Å². The van der Waals surface area contributed by atoms with Crippen molar-refractivity contribution in [3.63, 3.8) is 0 Å². The summed E-state index contributed by atoms with van der Waals surface area (Å²) in [6, 6.07) is 9.76. The summed E-state index contributed by atoms with van der Waals surface area (Å²) in [5, 5.41) is 23.3. The van der Waals surface area contributed by atoms with Gasteiger partial charge < -0.3 is 5.11 Å². The number of likely N-dealkylation sites (tertiary alicyclic amines) is 1. The number of hydrogen-bond donors (Lipinski definition) is 1. The second-order valence-electron chi connectivity index (χ2n) is 7.25. The summed E-state index contributed by atoms with van der Waals surface area (Å²) in [6.07, 6.45) is 2.62. The lowest BCUT2D eigenvalue weighted by atomic mass is 10.1. The van der Waals surface area contributed by atoms with E-state index in [1.54, 1.807) is 28.8 Å². The second kappa shape index (κ2) is 5.80. The normalized spacial score (nSPS) is 20.6. The molecule has 5 rings (SSSR count). The van der Waals surface area contributed by atoms with Crippen LogP contribution in [-0.2, 0) is 0 Å². The largest absolute Gasteiger partial charge is 0.493 e. The molecule has 0 spiro atoms. The topological polar surface area (TPSA) is 93.5 Å². The van der Waals surface area contributed by atoms with Crippen LogP contribution in [-0.4, -0.2) is 37.2 Å². The molecule has 8 nitrogen and oxygen atoms in total. The van der Waals surface area contributed by atoms with Gasteiger partial charge in [0.05, 0.1) is 28.1 Å². The summed E-state index contributed by atoms with van der Waals surface area (Å²) < 4.78 is 2.95. The zero-order valence-corrected chi connectivity index (χ0v) is 15.0. The Morgan fingerprint density at radius 2 is 2.00 bits per heavy atom. The van der Waals surface area contributed by atoms with Crippen molar-refractivity contribution in [2.75, 3.05) is 13.1 Å². The van der Waals surface area contributed by atoms with Gasteiger partial charge in [-0.1, -0.05) is 24.3 Å². The van der Waals surface area contributed by atoms with Crippen LogP contribution in [0.5, 0.6) is 5.88 Å². The molecule has 0 amide bonds. The van der Waals surface area contributed by atoms with Gasteiger partial charge in [0, 0.05) is 24.5 Å². The van der Waals surface area contributed by atoms with Crippen LogP contribution < -0.4 is 5.69 Å². The van der Waals surface area contributed by atoms with Gasteiger partial charge in [-0.2, -0.15) is 0 Å². The number of rotatable bonds is 4. The van der Waals surface area contributed by atoms with Gasteiger partial charge in [-0.15, -0.1) is 6.58 Å². The zero-order valence-electron chi connectivity index (χ0n) is 15.0. The van der Waals surface area contributed by atoms with Gasteiger partial charge in [0.25, 0.3) is 5.69 Å². The van der Waals surface area contributed by atoms with E-state index in [0.29, 0.717) is 28.7 Å². The van der Waals surface area contributed by atoms with E-state index in [-0.39, 0.29) is 29.3 Å². The third kappa shape index (κ3) is 2.06. The standard InChI is InChI=1S/C20H18N4O4/c1-2-9-21-11-12-10-17(21)18-19(25)23(20(26)22(12)18)15-7-8-16(24(27)28)14-6-4-3-5-13(14)15/h2-8,12,17,25H,1,9-11H2/t12-,17-/m0/s1. The Kier molecular flexibility index (Phi) is 3.47. The van der Waals surface area contributed by atoms with E-state index >= 15 is 0 Å². The van der Waals surface area contributed by atoms with Crippen molar-refractivity contribution in [3.8, 4) is 11.6 Å². The Morgan fingerprint density at radius 3 is 2.71 bits per heavy atom. The molecule has 1 N–H and O–H groups in total. The molecule has 1 fully saturated rings. The number of nitrogens with zero attached hydrogens (tertiary/aromatic N) is 4. The first-order valence-electron chi connectivity index (χ1n) is 9.10. The summed E-state index contributed by atoms with van der Waals surface area (Å²) in [6.45, 7) is 5.22. The van der Waals surface area contributed by atoms with Crippen LogP contribution in [0.15, 0.2) is 53.8 Å². The maximum absolute atomic E-state index is 13.2. The van der Waals surface area contributed by atoms with Crippen molar-refractivity contribution < 1.29 is 10.0 Å². The number of nitro groups is 1. The lowest BCUT2D eigenvalue weighted by molar-refractivity contribution is -0.383. The average Bonchev–Trinajstić information content (AvgIpc) is 3.33. The molecule has 2 aliphatic rings. The Labute approximate surface area is 159 Å². The Bertz CT molecular complexity index is 1210.